The first-order valence-electron chi connectivity index (χ1n) is 5.96. The number of benzene rings is 1. The zero-order chi connectivity index (χ0) is 12.8. The van der Waals surface area contributed by atoms with Crippen molar-refractivity contribution in [3.8, 4) is 0 Å². The molecule has 0 spiro atoms. The molecule has 0 aliphatic heterocycles. The number of fused-ring (bicyclic) bond motifs is 1. The summed E-state index contributed by atoms with van der Waals surface area (Å²) in [5, 5.41) is 1.20. The topological polar surface area (TPSA) is 25.8 Å². The Morgan fingerprint density at radius 1 is 0.722 bits per heavy atom. The molecule has 1 aromatic carbocycles. The molecule has 18 heavy (non-hydrogen) atoms. The second-order valence-corrected chi connectivity index (χ2v) is 4.12. The molecule has 2 heteroatoms. The Morgan fingerprint density at radius 3 is 2.00 bits per heavy atom. The Morgan fingerprint density at radius 2 is 1.39 bits per heavy atom. The zero-order valence-electron chi connectivity index (χ0n) is 10.7. The number of pyridine rings is 2. The molecule has 0 atom stereocenters. The Bertz CT molecular complexity index is 550. The fourth-order valence-corrected chi connectivity index (χ4v) is 1.70. The van der Waals surface area contributed by atoms with E-state index in [9.17, 15) is 0 Å². The van der Waals surface area contributed by atoms with E-state index in [4.69, 9.17) is 0 Å². The summed E-state index contributed by atoms with van der Waals surface area (Å²) in [5.41, 5.74) is 3.24. The summed E-state index contributed by atoms with van der Waals surface area (Å²) in [6.07, 6.45) is 1.81. The number of aryl methyl sites for hydroxylation is 2. The first-order chi connectivity index (χ1) is 8.75. The molecule has 0 amide bonds. The maximum Gasteiger partial charge on any atom is 0.0701 e. The van der Waals surface area contributed by atoms with Gasteiger partial charge in [0.1, 0.15) is 0 Å². The van der Waals surface area contributed by atoms with Gasteiger partial charge in [0.2, 0.25) is 0 Å². The van der Waals surface area contributed by atoms with Crippen molar-refractivity contribution in [1.29, 1.82) is 0 Å². The predicted molar refractivity (Wildman–Crippen MR) is 75.5 cm³/mol. The fourth-order valence-electron chi connectivity index (χ4n) is 1.70. The minimum atomic E-state index is 1.06. The molecule has 0 saturated heterocycles. The number of nitrogens with zero attached hydrogens (tertiary/aromatic N) is 2. The third-order valence-electron chi connectivity index (χ3n) is 2.54. The molecule has 90 valence electrons. The van der Waals surface area contributed by atoms with E-state index < -0.39 is 0 Å². The van der Waals surface area contributed by atoms with E-state index in [2.05, 4.69) is 22.1 Å². The molecule has 0 N–H and O–H groups in total. The maximum absolute atomic E-state index is 4.18. The predicted octanol–water partition coefficient (Wildman–Crippen LogP) is 3.93. The zero-order valence-corrected chi connectivity index (χ0v) is 10.7. The van der Waals surface area contributed by atoms with Gasteiger partial charge in [-0.25, -0.2) is 0 Å². The lowest BCUT2D eigenvalue weighted by Crippen LogP contribution is -1.81. The maximum atomic E-state index is 4.18. The number of para-hydroxylation sites is 1. The van der Waals surface area contributed by atoms with Crippen molar-refractivity contribution in [2.45, 2.75) is 13.8 Å². The van der Waals surface area contributed by atoms with Gasteiger partial charge in [0.25, 0.3) is 0 Å². The second kappa shape index (κ2) is 5.92. The molecule has 0 unspecified atom stereocenters. The average molecular weight is 236 g/mol. The van der Waals surface area contributed by atoms with Gasteiger partial charge in [0, 0.05) is 23.0 Å². The van der Waals surface area contributed by atoms with E-state index in [1.165, 1.54) is 5.39 Å². The van der Waals surface area contributed by atoms with Crippen LogP contribution >= 0.6 is 0 Å². The molecule has 2 heterocycles. The van der Waals surface area contributed by atoms with Crippen LogP contribution in [-0.2, 0) is 0 Å². The summed E-state index contributed by atoms with van der Waals surface area (Å²) < 4.78 is 0. The second-order valence-electron chi connectivity index (χ2n) is 4.12. The van der Waals surface area contributed by atoms with Crippen molar-refractivity contribution in [3.05, 3.63) is 72.2 Å². The molecule has 0 fully saturated rings. The van der Waals surface area contributed by atoms with Crippen LogP contribution in [0.2, 0.25) is 0 Å². The van der Waals surface area contributed by atoms with Crippen molar-refractivity contribution in [3.63, 3.8) is 0 Å². The van der Waals surface area contributed by atoms with Crippen molar-refractivity contribution < 1.29 is 0 Å². The monoisotopic (exact) mass is 236 g/mol. The highest BCUT2D eigenvalue weighted by atomic mass is 14.7. The summed E-state index contributed by atoms with van der Waals surface area (Å²) >= 11 is 0. The van der Waals surface area contributed by atoms with Gasteiger partial charge in [0.15, 0.2) is 0 Å². The SMILES string of the molecule is Cc1cccc(C)n1.c1ccc2ncccc2c1. The molecule has 0 saturated carbocycles. The van der Waals surface area contributed by atoms with Crippen LogP contribution in [0, 0.1) is 13.8 Å². The van der Waals surface area contributed by atoms with Gasteiger partial charge in [-0.15, -0.1) is 0 Å². The highest BCUT2D eigenvalue weighted by molar-refractivity contribution is 5.77. The largest absolute Gasteiger partial charge is 0.258 e. The van der Waals surface area contributed by atoms with E-state index in [0.29, 0.717) is 0 Å². The van der Waals surface area contributed by atoms with E-state index in [1.807, 2.05) is 62.5 Å². The van der Waals surface area contributed by atoms with Crippen LogP contribution in [0.25, 0.3) is 10.9 Å². The first-order valence-corrected chi connectivity index (χ1v) is 5.96. The van der Waals surface area contributed by atoms with Gasteiger partial charge < -0.3 is 0 Å². The molecule has 2 nitrogen and oxygen atoms in total. The minimum Gasteiger partial charge on any atom is -0.258 e. The van der Waals surface area contributed by atoms with E-state index in [0.717, 1.165) is 16.9 Å². The van der Waals surface area contributed by atoms with E-state index in [-0.39, 0.29) is 0 Å². The Kier molecular flexibility index (Phi) is 4.02. The lowest BCUT2D eigenvalue weighted by molar-refractivity contribution is 1.12. The third-order valence-corrected chi connectivity index (χ3v) is 2.54. The third kappa shape index (κ3) is 3.39. The van der Waals surface area contributed by atoms with E-state index in [1.54, 1.807) is 0 Å². The van der Waals surface area contributed by atoms with Crippen molar-refractivity contribution in [2.75, 3.05) is 0 Å². The number of rotatable bonds is 0. The molecular weight excluding hydrogens is 220 g/mol. The number of hydrogen-bond donors (Lipinski definition) is 0. The lowest BCUT2D eigenvalue weighted by atomic mass is 10.2. The van der Waals surface area contributed by atoms with E-state index >= 15 is 0 Å². The lowest BCUT2D eigenvalue weighted by Gasteiger charge is -1.91. The summed E-state index contributed by atoms with van der Waals surface area (Å²) in [5.74, 6) is 0. The average Bonchev–Trinajstić information content (AvgIpc) is 2.39. The molecule has 3 rings (SSSR count). The van der Waals surface area contributed by atoms with Crippen LogP contribution in [0.15, 0.2) is 60.8 Å². The fraction of sp³-hybridized carbons (Fsp3) is 0.125. The Hall–Kier alpha value is -2.22. The first kappa shape index (κ1) is 12.2. The molecular formula is C16H16N2. The summed E-state index contributed by atoms with van der Waals surface area (Å²) in [6, 6.07) is 18.1. The van der Waals surface area contributed by atoms with Gasteiger partial charge in [-0.3, -0.25) is 9.97 Å². The van der Waals surface area contributed by atoms with Crippen molar-refractivity contribution in [1.82, 2.24) is 9.97 Å². The van der Waals surface area contributed by atoms with Crippen LogP contribution in [-0.4, -0.2) is 9.97 Å². The van der Waals surface area contributed by atoms with Crippen LogP contribution in [0.4, 0.5) is 0 Å². The van der Waals surface area contributed by atoms with Gasteiger partial charge in [-0.2, -0.15) is 0 Å². The molecule has 0 radical (unpaired) electrons. The van der Waals surface area contributed by atoms with Crippen molar-refractivity contribution in [2.24, 2.45) is 0 Å². The molecule has 2 aromatic heterocycles. The molecule has 0 aliphatic carbocycles. The van der Waals surface area contributed by atoms with Crippen LogP contribution in [0.1, 0.15) is 11.4 Å². The van der Waals surface area contributed by atoms with Crippen LogP contribution in [0.5, 0.6) is 0 Å². The Labute approximate surface area is 107 Å². The van der Waals surface area contributed by atoms with Crippen molar-refractivity contribution >= 4 is 10.9 Å². The van der Waals surface area contributed by atoms with Gasteiger partial charge in [-0.1, -0.05) is 30.3 Å². The summed E-state index contributed by atoms with van der Waals surface area (Å²) in [6.45, 7) is 3.99. The summed E-state index contributed by atoms with van der Waals surface area (Å²) in [4.78, 5) is 8.35. The smallest absolute Gasteiger partial charge is 0.0701 e. The molecule has 3 aromatic rings. The normalized spacial score (nSPS) is 9.67. The Balaban J connectivity index is 0.000000138. The highest BCUT2D eigenvalue weighted by Gasteiger charge is 1.86. The standard InChI is InChI=1S/C9H7N.C7H9N/c1-2-6-9-8(4-1)5-3-7-10-9;1-6-4-3-5-7(2)8-6/h1-7H;3-5H,1-2H3. The van der Waals surface area contributed by atoms with Gasteiger partial charge in [-0.05, 0) is 38.1 Å². The highest BCUT2D eigenvalue weighted by Crippen LogP contribution is 2.07. The summed E-state index contributed by atoms with van der Waals surface area (Å²) in [7, 11) is 0. The van der Waals surface area contributed by atoms with Crippen LogP contribution < -0.4 is 0 Å². The molecule has 0 aliphatic rings. The minimum absolute atomic E-state index is 1.06. The number of aromatic nitrogens is 2. The van der Waals surface area contributed by atoms with Gasteiger partial charge in [0.05, 0.1) is 5.52 Å². The quantitative estimate of drug-likeness (QED) is 0.591. The molecule has 0 bridgehead atoms. The van der Waals surface area contributed by atoms with Gasteiger partial charge >= 0.3 is 0 Å². The van der Waals surface area contributed by atoms with Crippen LogP contribution in [0.3, 0.4) is 0 Å². The number of hydrogen-bond acceptors (Lipinski definition) is 2.